The fourth-order valence-electron chi connectivity index (χ4n) is 1.65. The van der Waals surface area contributed by atoms with Crippen LogP contribution in [0.2, 0.25) is 0 Å². The van der Waals surface area contributed by atoms with E-state index >= 15 is 0 Å². The molecular weight excluding hydrogens is 274 g/mol. The van der Waals surface area contributed by atoms with Crippen LogP contribution in [0.5, 0.6) is 11.8 Å². The van der Waals surface area contributed by atoms with Crippen LogP contribution in [-0.4, -0.2) is 22.7 Å². The molecule has 2 aromatic rings. The molecule has 0 saturated carbocycles. The summed E-state index contributed by atoms with van der Waals surface area (Å²) in [6, 6.07) is 3.50. The van der Waals surface area contributed by atoms with Crippen molar-refractivity contribution in [2.24, 2.45) is 0 Å². The minimum Gasteiger partial charge on any atom is -0.477 e. The van der Waals surface area contributed by atoms with Crippen molar-refractivity contribution in [2.75, 3.05) is 12.3 Å². The van der Waals surface area contributed by atoms with Gasteiger partial charge in [0.05, 0.1) is 29.6 Å². The first-order chi connectivity index (χ1) is 9.56. The van der Waals surface area contributed by atoms with E-state index in [2.05, 4.69) is 9.97 Å². The topological polar surface area (TPSA) is 70.3 Å². The molecule has 0 atom stereocenters. The summed E-state index contributed by atoms with van der Waals surface area (Å²) in [7, 11) is 0. The summed E-state index contributed by atoms with van der Waals surface area (Å²) in [5.41, 5.74) is 9.24. The van der Waals surface area contributed by atoms with Crippen molar-refractivity contribution in [2.45, 2.75) is 33.3 Å². The molecule has 6 heteroatoms. The Hall–Kier alpha value is -1.82. The Labute approximate surface area is 122 Å². The maximum absolute atomic E-state index is 5.81. The quantitative estimate of drug-likeness (QED) is 0.886. The van der Waals surface area contributed by atoms with E-state index in [-0.39, 0.29) is 6.10 Å². The van der Waals surface area contributed by atoms with Crippen molar-refractivity contribution >= 4 is 17.0 Å². The molecule has 2 rings (SSSR count). The third kappa shape index (κ3) is 3.84. The molecular formula is C14H19N3O2S. The molecule has 2 aromatic heterocycles. The normalized spacial score (nSPS) is 10.8. The molecule has 0 aromatic carbocycles. The molecule has 0 aliphatic heterocycles. The van der Waals surface area contributed by atoms with Crippen LogP contribution in [-0.2, 0) is 6.42 Å². The fraction of sp³-hybridized carbons (Fsp3) is 0.429. The Morgan fingerprint density at radius 1 is 1.35 bits per heavy atom. The standard InChI is InChI=1S/C14H19N3O2S/c1-9(2)19-14-11(15)4-5-13(17-14)18-7-6-12-10(3)16-8-20-12/h4-5,8-9H,6-7,15H2,1-3H3. The molecule has 0 bridgehead atoms. The number of anilines is 1. The van der Waals surface area contributed by atoms with Gasteiger partial charge < -0.3 is 15.2 Å². The zero-order valence-corrected chi connectivity index (χ0v) is 12.7. The summed E-state index contributed by atoms with van der Waals surface area (Å²) in [4.78, 5) is 9.72. The fourth-order valence-corrected chi connectivity index (χ4v) is 2.41. The van der Waals surface area contributed by atoms with Crippen LogP contribution in [0, 0.1) is 6.92 Å². The number of nitrogens with zero attached hydrogens (tertiary/aromatic N) is 2. The average Bonchev–Trinajstić information content (AvgIpc) is 2.79. The number of aryl methyl sites for hydroxylation is 1. The lowest BCUT2D eigenvalue weighted by molar-refractivity contribution is 0.228. The molecule has 0 aliphatic carbocycles. The maximum atomic E-state index is 5.81. The summed E-state index contributed by atoms with van der Waals surface area (Å²) in [6.07, 6.45) is 0.850. The zero-order chi connectivity index (χ0) is 14.5. The molecule has 0 unspecified atom stereocenters. The van der Waals surface area contributed by atoms with E-state index in [1.54, 1.807) is 23.5 Å². The summed E-state index contributed by atoms with van der Waals surface area (Å²) >= 11 is 1.64. The second-order valence-corrected chi connectivity index (χ2v) is 5.61. The lowest BCUT2D eigenvalue weighted by Crippen LogP contribution is -2.10. The van der Waals surface area contributed by atoms with Crippen LogP contribution in [0.1, 0.15) is 24.4 Å². The van der Waals surface area contributed by atoms with Gasteiger partial charge >= 0.3 is 0 Å². The lowest BCUT2D eigenvalue weighted by atomic mass is 10.3. The van der Waals surface area contributed by atoms with Crippen LogP contribution in [0.3, 0.4) is 0 Å². The van der Waals surface area contributed by atoms with Gasteiger partial charge in [-0.25, -0.2) is 4.98 Å². The number of aromatic nitrogens is 2. The Balaban J connectivity index is 1.94. The Kier molecular flexibility index (Phi) is 4.79. The van der Waals surface area contributed by atoms with Gasteiger partial charge in [-0.05, 0) is 26.8 Å². The molecule has 0 radical (unpaired) electrons. The van der Waals surface area contributed by atoms with Crippen molar-refractivity contribution in [3.05, 3.63) is 28.2 Å². The predicted octanol–water partition coefficient (Wildman–Crippen LogP) is 2.84. The number of hydrogen-bond acceptors (Lipinski definition) is 6. The van der Waals surface area contributed by atoms with Gasteiger partial charge in [0.15, 0.2) is 0 Å². The molecule has 108 valence electrons. The van der Waals surface area contributed by atoms with Gasteiger partial charge in [0.1, 0.15) is 0 Å². The van der Waals surface area contributed by atoms with Gasteiger partial charge in [0, 0.05) is 17.4 Å². The highest BCUT2D eigenvalue weighted by molar-refractivity contribution is 7.09. The number of rotatable bonds is 6. The minimum atomic E-state index is 0.0277. The third-order valence-electron chi connectivity index (χ3n) is 2.64. The first kappa shape index (κ1) is 14.6. The molecule has 0 fully saturated rings. The number of hydrogen-bond donors (Lipinski definition) is 1. The molecule has 0 spiro atoms. The predicted molar refractivity (Wildman–Crippen MR) is 80.5 cm³/mol. The van der Waals surface area contributed by atoms with Crippen LogP contribution in [0.15, 0.2) is 17.6 Å². The second kappa shape index (κ2) is 6.56. The summed E-state index contributed by atoms with van der Waals surface area (Å²) in [5.74, 6) is 0.948. The molecule has 2 heterocycles. The monoisotopic (exact) mass is 293 g/mol. The van der Waals surface area contributed by atoms with E-state index in [1.165, 1.54) is 4.88 Å². The average molecular weight is 293 g/mol. The smallest absolute Gasteiger partial charge is 0.240 e. The van der Waals surface area contributed by atoms with E-state index in [1.807, 2.05) is 26.3 Å². The molecule has 0 aliphatic rings. The van der Waals surface area contributed by atoms with E-state index < -0.39 is 0 Å². The van der Waals surface area contributed by atoms with Gasteiger partial charge in [-0.3, -0.25) is 0 Å². The number of thiazole rings is 1. The highest BCUT2D eigenvalue weighted by atomic mass is 32.1. The van der Waals surface area contributed by atoms with Crippen LogP contribution >= 0.6 is 11.3 Å². The van der Waals surface area contributed by atoms with Gasteiger partial charge in [-0.15, -0.1) is 11.3 Å². The molecule has 0 amide bonds. The van der Waals surface area contributed by atoms with Crippen molar-refractivity contribution < 1.29 is 9.47 Å². The largest absolute Gasteiger partial charge is 0.477 e. The number of pyridine rings is 1. The van der Waals surface area contributed by atoms with Gasteiger partial charge in [0.2, 0.25) is 11.8 Å². The molecule has 2 N–H and O–H groups in total. The number of ether oxygens (including phenoxy) is 2. The van der Waals surface area contributed by atoms with Gasteiger partial charge in [-0.2, -0.15) is 4.98 Å². The first-order valence-corrected chi connectivity index (χ1v) is 7.39. The van der Waals surface area contributed by atoms with Gasteiger partial charge in [-0.1, -0.05) is 0 Å². The number of nitrogens with two attached hydrogens (primary N) is 1. The molecule has 0 saturated heterocycles. The Morgan fingerprint density at radius 2 is 2.15 bits per heavy atom. The van der Waals surface area contributed by atoms with Crippen LogP contribution in [0.4, 0.5) is 5.69 Å². The SMILES string of the molecule is Cc1ncsc1CCOc1ccc(N)c(OC(C)C)n1. The van der Waals surface area contributed by atoms with Crippen LogP contribution < -0.4 is 15.2 Å². The summed E-state index contributed by atoms with van der Waals surface area (Å²) in [5, 5.41) is 0. The first-order valence-electron chi connectivity index (χ1n) is 6.51. The van der Waals surface area contributed by atoms with Crippen molar-refractivity contribution in [1.29, 1.82) is 0 Å². The third-order valence-corrected chi connectivity index (χ3v) is 3.63. The van der Waals surface area contributed by atoms with E-state index in [9.17, 15) is 0 Å². The highest BCUT2D eigenvalue weighted by Crippen LogP contribution is 2.23. The Morgan fingerprint density at radius 3 is 2.80 bits per heavy atom. The van der Waals surface area contributed by atoms with Crippen LogP contribution in [0.25, 0.3) is 0 Å². The van der Waals surface area contributed by atoms with Crippen molar-refractivity contribution in [3.63, 3.8) is 0 Å². The lowest BCUT2D eigenvalue weighted by Gasteiger charge is -2.12. The van der Waals surface area contributed by atoms with Gasteiger partial charge in [0.25, 0.3) is 0 Å². The minimum absolute atomic E-state index is 0.0277. The molecule has 5 nitrogen and oxygen atoms in total. The van der Waals surface area contributed by atoms with Crippen molar-refractivity contribution in [3.8, 4) is 11.8 Å². The second-order valence-electron chi connectivity index (χ2n) is 4.67. The van der Waals surface area contributed by atoms with E-state index in [0.717, 1.165) is 12.1 Å². The number of nitrogen functional groups attached to an aromatic ring is 1. The Bertz CT molecular complexity index is 569. The summed E-state index contributed by atoms with van der Waals surface area (Å²) in [6.45, 7) is 6.42. The highest BCUT2D eigenvalue weighted by Gasteiger charge is 2.08. The maximum Gasteiger partial charge on any atom is 0.240 e. The van der Waals surface area contributed by atoms with Crippen molar-refractivity contribution in [1.82, 2.24) is 9.97 Å². The summed E-state index contributed by atoms with van der Waals surface area (Å²) < 4.78 is 11.2. The van der Waals surface area contributed by atoms with E-state index in [0.29, 0.717) is 24.1 Å². The molecule has 20 heavy (non-hydrogen) atoms. The zero-order valence-electron chi connectivity index (χ0n) is 11.9. The van der Waals surface area contributed by atoms with E-state index in [4.69, 9.17) is 15.2 Å².